The first-order valence-electron chi connectivity index (χ1n) is 5.43. The summed E-state index contributed by atoms with van der Waals surface area (Å²) in [5, 5.41) is 31.7. The van der Waals surface area contributed by atoms with Gasteiger partial charge in [0.25, 0.3) is 0 Å². The molecule has 0 fully saturated rings. The minimum atomic E-state index is -1.18. The second-order valence-corrected chi connectivity index (χ2v) is 4.73. The van der Waals surface area contributed by atoms with Crippen molar-refractivity contribution in [2.45, 2.75) is 18.6 Å². The second-order valence-electron chi connectivity index (χ2n) is 4.32. The lowest BCUT2D eigenvalue weighted by atomic mass is 10.1. The third-order valence-electron chi connectivity index (χ3n) is 2.45. The van der Waals surface area contributed by atoms with Gasteiger partial charge in [0.2, 0.25) is 0 Å². The summed E-state index contributed by atoms with van der Waals surface area (Å²) in [6, 6.07) is 7.06. The lowest BCUT2D eigenvalue weighted by molar-refractivity contribution is 0.000732. The number of nitrogens with one attached hydrogen (secondary N) is 1. The van der Waals surface area contributed by atoms with Gasteiger partial charge < -0.3 is 20.6 Å². The van der Waals surface area contributed by atoms with Crippen LogP contribution in [0.15, 0.2) is 24.3 Å². The Morgan fingerprint density at radius 3 is 2.65 bits per heavy atom. The molecule has 17 heavy (non-hydrogen) atoms. The predicted molar refractivity (Wildman–Crippen MR) is 67.0 cm³/mol. The smallest absolute Gasteiger partial charge is 0.0972 e. The van der Waals surface area contributed by atoms with Crippen LogP contribution in [0.4, 0.5) is 0 Å². The summed E-state index contributed by atoms with van der Waals surface area (Å²) in [5.74, 6) is 0. The van der Waals surface area contributed by atoms with Crippen molar-refractivity contribution < 1.29 is 15.3 Å². The molecule has 0 saturated heterocycles. The molecule has 0 aromatic heterocycles. The van der Waals surface area contributed by atoms with Crippen LogP contribution >= 0.6 is 11.6 Å². The normalized spacial score (nSPS) is 16.5. The van der Waals surface area contributed by atoms with Crippen LogP contribution in [0.2, 0.25) is 5.02 Å². The molecule has 2 unspecified atom stereocenters. The fraction of sp³-hybridized carbons (Fsp3) is 0.500. The van der Waals surface area contributed by atoms with Crippen LogP contribution in [-0.4, -0.2) is 40.6 Å². The molecular weight excluding hydrogens is 242 g/mol. The van der Waals surface area contributed by atoms with Crippen molar-refractivity contribution in [2.75, 3.05) is 19.7 Å². The molecule has 5 heteroatoms. The Morgan fingerprint density at radius 2 is 2.06 bits per heavy atom. The van der Waals surface area contributed by atoms with Gasteiger partial charge in [-0.25, -0.2) is 0 Å². The molecule has 1 rings (SSSR count). The quantitative estimate of drug-likeness (QED) is 0.607. The Hall–Kier alpha value is -0.650. The number of aliphatic hydroxyl groups excluding tert-OH is 2. The highest BCUT2D eigenvalue weighted by molar-refractivity contribution is 6.31. The van der Waals surface area contributed by atoms with Crippen LogP contribution in [0, 0.1) is 0 Å². The molecule has 1 aromatic carbocycles. The summed E-state index contributed by atoms with van der Waals surface area (Å²) < 4.78 is 0. The van der Waals surface area contributed by atoms with E-state index in [9.17, 15) is 10.2 Å². The van der Waals surface area contributed by atoms with Gasteiger partial charge in [0.15, 0.2) is 0 Å². The highest BCUT2D eigenvalue weighted by Crippen LogP contribution is 2.21. The van der Waals surface area contributed by atoms with Crippen molar-refractivity contribution in [3.8, 4) is 0 Å². The number of aliphatic hydroxyl groups is 3. The van der Waals surface area contributed by atoms with Gasteiger partial charge in [0, 0.05) is 23.7 Å². The average molecular weight is 260 g/mol. The number of halogens is 1. The van der Waals surface area contributed by atoms with Crippen LogP contribution in [0.1, 0.15) is 18.6 Å². The topological polar surface area (TPSA) is 72.7 Å². The fourth-order valence-corrected chi connectivity index (χ4v) is 1.65. The average Bonchev–Trinajstić information content (AvgIpc) is 2.29. The number of benzene rings is 1. The van der Waals surface area contributed by atoms with Gasteiger partial charge in [-0.1, -0.05) is 29.8 Å². The first-order valence-corrected chi connectivity index (χ1v) is 5.80. The van der Waals surface area contributed by atoms with Crippen molar-refractivity contribution >= 4 is 11.6 Å². The van der Waals surface area contributed by atoms with E-state index >= 15 is 0 Å². The Morgan fingerprint density at radius 1 is 1.41 bits per heavy atom. The Labute approximate surface area is 106 Å². The maximum atomic E-state index is 9.88. The zero-order chi connectivity index (χ0) is 12.9. The lowest BCUT2D eigenvalue weighted by Crippen LogP contribution is -2.42. The molecule has 0 aliphatic carbocycles. The van der Waals surface area contributed by atoms with E-state index in [1.165, 1.54) is 6.92 Å². The molecule has 0 aliphatic heterocycles. The summed E-state index contributed by atoms with van der Waals surface area (Å²) >= 11 is 5.94. The Bertz CT molecular complexity index is 357. The summed E-state index contributed by atoms with van der Waals surface area (Å²) in [5.41, 5.74) is -0.537. The third kappa shape index (κ3) is 4.61. The molecule has 0 saturated carbocycles. The first-order chi connectivity index (χ1) is 7.96. The van der Waals surface area contributed by atoms with E-state index < -0.39 is 11.7 Å². The van der Waals surface area contributed by atoms with E-state index in [0.29, 0.717) is 10.6 Å². The molecule has 96 valence electrons. The highest BCUT2D eigenvalue weighted by atomic mass is 35.5. The van der Waals surface area contributed by atoms with Crippen LogP contribution in [0.5, 0.6) is 0 Å². The molecule has 0 radical (unpaired) electrons. The molecule has 2 atom stereocenters. The van der Waals surface area contributed by atoms with E-state index in [0.717, 1.165) is 0 Å². The summed E-state index contributed by atoms with van der Waals surface area (Å²) in [4.78, 5) is 0. The van der Waals surface area contributed by atoms with Crippen LogP contribution in [0.25, 0.3) is 0 Å². The summed E-state index contributed by atoms with van der Waals surface area (Å²) in [6.07, 6.45) is -0.738. The van der Waals surface area contributed by atoms with Crippen LogP contribution in [0.3, 0.4) is 0 Å². The maximum absolute atomic E-state index is 9.88. The van der Waals surface area contributed by atoms with E-state index in [-0.39, 0.29) is 19.7 Å². The van der Waals surface area contributed by atoms with Crippen LogP contribution < -0.4 is 5.32 Å². The molecule has 0 spiro atoms. The predicted octanol–water partition coefficient (Wildman–Crippen LogP) is 0.706. The molecule has 0 amide bonds. The molecule has 0 aliphatic rings. The van der Waals surface area contributed by atoms with Gasteiger partial charge in [-0.3, -0.25) is 0 Å². The van der Waals surface area contributed by atoms with Gasteiger partial charge in [-0.15, -0.1) is 0 Å². The van der Waals surface area contributed by atoms with Gasteiger partial charge in [-0.2, -0.15) is 0 Å². The third-order valence-corrected chi connectivity index (χ3v) is 2.79. The molecule has 4 N–H and O–H groups in total. The van der Waals surface area contributed by atoms with E-state index in [1.54, 1.807) is 24.3 Å². The monoisotopic (exact) mass is 259 g/mol. The van der Waals surface area contributed by atoms with Gasteiger partial charge in [-0.05, 0) is 13.0 Å². The molecular formula is C12H18ClNO3. The zero-order valence-corrected chi connectivity index (χ0v) is 10.5. The lowest BCUT2D eigenvalue weighted by Gasteiger charge is -2.22. The van der Waals surface area contributed by atoms with E-state index in [4.69, 9.17) is 16.7 Å². The second kappa shape index (κ2) is 6.33. The van der Waals surface area contributed by atoms with Gasteiger partial charge >= 0.3 is 0 Å². The standard InChI is InChI=1S/C12H18ClNO3/c1-12(17,8-15)7-14-6-11(16)9-4-2-3-5-10(9)13/h2-5,11,14-17H,6-8H2,1H3. The number of hydrogen-bond donors (Lipinski definition) is 4. The van der Waals surface area contributed by atoms with E-state index in [2.05, 4.69) is 5.32 Å². The molecule has 1 aromatic rings. The molecule has 0 bridgehead atoms. The largest absolute Gasteiger partial charge is 0.393 e. The number of hydrogen-bond acceptors (Lipinski definition) is 4. The minimum absolute atomic E-state index is 0.199. The van der Waals surface area contributed by atoms with Crippen LogP contribution in [-0.2, 0) is 0 Å². The van der Waals surface area contributed by atoms with Crippen molar-refractivity contribution in [2.24, 2.45) is 0 Å². The van der Waals surface area contributed by atoms with E-state index in [1.807, 2.05) is 0 Å². The Kier molecular flexibility index (Phi) is 5.36. The van der Waals surface area contributed by atoms with Crippen molar-refractivity contribution in [3.63, 3.8) is 0 Å². The SMILES string of the molecule is CC(O)(CO)CNCC(O)c1ccccc1Cl. The zero-order valence-electron chi connectivity index (χ0n) is 9.73. The van der Waals surface area contributed by atoms with Crippen molar-refractivity contribution in [1.82, 2.24) is 5.32 Å². The van der Waals surface area contributed by atoms with Gasteiger partial charge in [0.05, 0.1) is 18.3 Å². The van der Waals surface area contributed by atoms with Crippen molar-refractivity contribution in [3.05, 3.63) is 34.9 Å². The van der Waals surface area contributed by atoms with Crippen molar-refractivity contribution in [1.29, 1.82) is 0 Å². The first kappa shape index (κ1) is 14.4. The fourth-order valence-electron chi connectivity index (χ4n) is 1.39. The molecule has 0 heterocycles. The highest BCUT2D eigenvalue weighted by Gasteiger charge is 2.19. The number of rotatable bonds is 6. The Balaban J connectivity index is 2.46. The summed E-state index contributed by atoms with van der Waals surface area (Å²) in [6.45, 7) is 1.65. The maximum Gasteiger partial charge on any atom is 0.0972 e. The summed E-state index contributed by atoms with van der Waals surface area (Å²) in [7, 11) is 0. The van der Waals surface area contributed by atoms with Gasteiger partial charge in [0.1, 0.15) is 0 Å². The minimum Gasteiger partial charge on any atom is -0.393 e. The molecule has 4 nitrogen and oxygen atoms in total.